The molecule has 3 aromatic rings. The second kappa shape index (κ2) is 12.6. The summed E-state index contributed by atoms with van der Waals surface area (Å²) in [5.41, 5.74) is 0.611. The molecular formula is C27H28Cl2FN3O4S. The summed E-state index contributed by atoms with van der Waals surface area (Å²) in [6.45, 7) is 4.41. The van der Waals surface area contributed by atoms with Crippen LogP contribution in [-0.4, -0.2) is 43.8 Å². The van der Waals surface area contributed by atoms with Crippen molar-refractivity contribution < 1.29 is 22.4 Å². The molecule has 1 N–H and O–H groups in total. The molecule has 0 saturated heterocycles. The molecule has 0 saturated carbocycles. The second-order valence-electron chi connectivity index (χ2n) is 8.91. The van der Waals surface area contributed by atoms with Crippen LogP contribution >= 0.6 is 23.2 Å². The zero-order valence-corrected chi connectivity index (χ0v) is 23.4. The third-order valence-electron chi connectivity index (χ3n) is 5.65. The number of rotatable bonds is 10. The van der Waals surface area contributed by atoms with Gasteiger partial charge in [0, 0.05) is 17.6 Å². The number of sulfonamides is 1. The van der Waals surface area contributed by atoms with E-state index in [9.17, 15) is 22.4 Å². The van der Waals surface area contributed by atoms with Crippen molar-refractivity contribution in [3.05, 3.63) is 94.2 Å². The zero-order valence-electron chi connectivity index (χ0n) is 21.1. The van der Waals surface area contributed by atoms with E-state index < -0.39 is 40.2 Å². The standard InChI is InChI=1S/C27H28Cl2FN3O4S/c1-18(2)31-27(35)19(3)32(16-20-9-12-22(30)13-10-20)26(34)17-33(25-14-11-21(28)15-24(25)29)38(36,37)23-7-5-4-6-8-23/h4-15,18-19H,16-17H2,1-3H3,(H,31,35)/t19-/m1/s1. The van der Waals surface area contributed by atoms with Crippen LogP contribution in [0.5, 0.6) is 0 Å². The molecule has 3 rings (SSSR count). The van der Waals surface area contributed by atoms with Gasteiger partial charge < -0.3 is 10.2 Å². The van der Waals surface area contributed by atoms with E-state index in [0.29, 0.717) is 10.6 Å². The molecule has 0 fully saturated rings. The molecule has 7 nitrogen and oxygen atoms in total. The highest BCUT2D eigenvalue weighted by molar-refractivity contribution is 7.92. The molecular weight excluding hydrogens is 552 g/mol. The van der Waals surface area contributed by atoms with E-state index in [0.717, 1.165) is 4.31 Å². The summed E-state index contributed by atoms with van der Waals surface area (Å²) in [5.74, 6) is -1.53. The van der Waals surface area contributed by atoms with Crippen LogP contribution < -0.4 is 9.62 Å². The summed E-state index contributed by atoms with van der Waals surface area (Å²) in [6, 6.07) is 16.2. The Morgan fingerprint density at radius 1 is 0.947 bits per heavy atom. The monoisotopic (exact) mass is 579 g/mol. The van der Waals surface area contributed by atoms with E-state index in [1.807, 2.05) is 0 Å². The quantitative estimate of drug-likeness (QED) is 0.354. The van der Waals surface area contributed by atoms with Gasteiger partial charge in [-0.1, -0.05) is 53.5 Å². The van der Waals surface area contributed by atoms with Crippen molar-refractivity contribution in [1.82, 2.24) is 10.2 Å². The number of amides is 2. The Kier molecular flexibility index (Phi) is 9.76. The predicted octanol–water partition coefficient (Wildman–Crippen LogP) is 5.27. The topological polar surface area (TPSA) is 86.8 Å². The van der Waals surface area contributed by atoms with Gasteiger partial charge in [0.15, 0.2) is 0 Å². The molecule has 0 bridgehead atoms. The second-order valence-corrected chi connectivity index (χ2v) is 11.6. The van der Waals surface area contributed by atoms with E-state index in [2.05, 4.69) is 5.32 Å². The van der Waals surface area contributed by atoms with Crippen LogP contribution in [0, 0.1) is 5.82 Å². The van der Waals surface area contributed by atoms with Crippen LogP contribution in [0.4, 0.5) is 10.1 Å². The lowest BCUT2D eigenvalue weighted by Gasteiger charge is -2.32. The Morgan fingerprint density at radius 2 is 1.58 bits per heavy atom. The van der Waals surface area contributed by atoms with Crippen molar-refractivity contribution in [2.24, 2.45) is 0 Å². The molecule has 38 heavy (non-hydrogen) atoms. The molecule has 202 valence electrons. The van der Waals surface area contributed by atoms with E-state index in [1.54, 1.807) is 39.0 Å². The van der Waals surface area contributed by atoms with Crippen LogP contribution in [0.3, 0.4) is 0 Å². The molecule has 0 unspecified atom stereocenters. The van der Waals surface area contributed by atoms with Crippen molar-refractivity contribution in [3.8, 4) is 0 Å². The highest BCUT2D eigenvalue weighted by atomic mass is 35.5. The summed E-state index contributed by atoms with van der Waals surface area (Å²) in [5, 5.41) is 3.09. The number of carbonyl (C=O) groups excluding carboxylic acids is 2. The Labute approximate surface area is 232 Å². The number of halogens is 3. The van der Waals surface area contributed by atoms with E-state index in [4.69, 9.17) is 23.2 Å². The predicted molar refractivity (Wildman–Crippen MR) is 147 cm³/mol. The molecule has 11 heteroatoms. The van der Waals surface area contributed by atoms with Crippen LogP contribution in [0.2, 0.25) is 10.0 Å². The minimum absolute atomic E-state index is 0.0282. The molecule has 0 aromatic heterocycles. The summed E-state index contributed by atoms with van der Waals surface area (Å²) >= 11 is 12.4. The van der Waals surface area contributed by atoms with E-state index in [-0.39, 0.29) is 28.2 Å². The van der Waals surface area contributed by atoms with Crippen LogP contribution in [-0.2, 0) is 26.2 Å². The van der Waals surface area contributed by atoms with E-state index >= 15 is 0 Å². The van der Waals surface area contributed by atoms with Crippen molar-refractivity contribution >= 4 is 50.7 Å². The first-order chi connectivity index (χ1) is 17.9. The first-order valence-electron chi connectivity index (χ1n) is 11.8. The Balaban J connectivity index is 2.05. The zero-order chi connectivity index (χ0) is 28.0. The first kappa shape index (κ1) is 29.4. The highest BCUT2D eigenvalue weighted by Gasteiger charge is 2.33. The molecule has 0 aliphatic carbocycles. The maximum Gasteiger partial charge on any atom is 0.264 e. The number of anilines is 1. The summed E-state index contributed by atoms with van der Waals surface area (Å²) in [6.07, 6.45) is 0. The molecule has 0 spiro atoms. The Morgan fingerprint density at radius 3 is 2.16 bits per heavy atom. The lowest BCUT2D eigenvalue weighted by Crippen LogP contribution is -2.52. The van der Waals surface area contributed by atoms with Crippen molar-refractivity contribution in [2.75, 3.05) is 10.8 Å². The maximum atomic E-state index is 13.8. The average Bonchev–Trinajstić information content (AvgIpc) is 2.87. The molecule has 2 amide bonds. The van der Waals surface area contributed by atoms with Gasteiger partial charge in [-0.25, -0.2) is 12.8 Å². The van der Waals surface area contributed by atoms with Gasteiger partial charge in [-0.15, -0.1) is 0 Å². The van der Waals surface area contributed by atoms with Gasteiger partial charge in [0.25, 0.3) is 10.0 Å². The van der Waals surface area contributed by atoms with E-state index in [1.165, 1.54) is 59.5 Å². The maximum absolute atomic E-state index is 13.8. The van der Waals surface area contributed by atoms with Gasteiger partial charge in [-0.2, -0.15) is 0 Å². The number of hydrogen-bond acceptors (Lipinski definition) is 4. The molecule has 1 atom stereocenters. The number of nitrogens with one attached hydrogen (secondary N) is 1. The number of hydrogen-bond donors (Lipinski definition) is 1. The number of carbonyl (C=O) groups is 2. The first-order valence-corrected chi connectivity index (χ1v) is 14.0. The van der Waals surface area contributed by atoms with Crippen LogP contribution in [0.15, 0.2) is 77.7 Å². The van der Waals surface area contributed by atoms with Gasteiger partial charge in [0.05, 0.1) is 15.6 Å². The van der Waals surface area contributed by atoms with Crippen molar-refractivity contribution in [2.45, 2.75) is 44.3 Å². The van der Waals surface area contributed by atoms with Gasteiger partial charge >= 0.3 is 0 Å². The van der Waals surface area contributed by atoms with Gasteiger partial charge in [0.2, 0.25) is 11.8 Å². The molecule has 0 aliphatic heterocycles. The summed E-state index contributed by atoms with van der Waals surface area (Å²) < 4.78 is 41.8. The minimum Gasteiger partial charge on any atom is -0.352 e. The fraction of sp³-hybridized carbons (Fsp3) is 0.259. The average molecular weight is 581 g/mol. The minimum atomic E-state index is -4.25. The Hall–Kier alpha value is -3.14. The third kappa shape index (κ3) is 7.24. The SMILES string of the molecule is CC(C)NC(=O)[C@@H](C)N(Cc1ccc(F)cc1)C(=O)CN(c1ccc(Cl)cc1Cl)S(=O)(=O)c1ccccc1. The van der Waals surface area contributed by atoms with Crippen molar-refractivity contribution in [1.29, 1.82) is 0 Å². The lowest BCUT2D eigenvalue weighted by atomic mass is 10.1. The Bertz CT molecular complexity index is 1390. The van der Waals surface area contributed by atoms with Crippen LogP contribution in [0.1, 0.15) is 26.3 Å². The van der Waals surface area contributed by atoms with Gasteiger partial charge in [0.1, 0.15) is 18.4 Å². The summed E-state index contributed by atoms with van der Waals surface area (Å²) in [4.78, 5) is 27.9. The van der Waals surface area contributed by atoms with Gasteiger partial charge in [-0.05, 0) is 68.8 Å². The highest BCUT2D eigenvalue weighted by Crippen LogP contribution is 2.33. The molecule has 3 aromatic carbocycles. The fourth-order valence-corrected chi connectivity index (χ4v) is 5.71. The number of benzene rings is 3. The largest absolute Gasteiger partial charge is 0.352 e. The molecule has 0 heterocycles. The third-order valence-corrected chi connectivity index (χ3v) is 7.96. The normalized spacial score (nSPS) is 12.2. The molecule has 0 aliphatic rings. The van der Waals surface area contributed by atoms with Crippen LogP contribution in [0.25, 0.3) is 0 Å². The lowest BCUT2D eigenvalue weighted by molar-refractivity contribution is -0.139. The van der Waals surface area contributed by atoms with Crippen molar-refractivity contribution in [3.63, 3.8) is 0 Å². The molecule has 0 radical (unpaired) electrons. The van der Waals surface area contributed by atoms with Gasteiger partial charge in [-0.3, -0.25) is 13.9 Å². The summed E-state index contributed by atoms with van der Waals surface area (Å²) in [7, 11) is -4.25. The number of nitrogens with zero attached hydrogens (tertiary/aromatic N) is 2. The smallest absolute Gasteiger partial charge is 0.264 e. The fourth-order valence-electron chi connectivity index (χ4n) is 3.69.